The van der Waals surface area contributed by atoms with Gasteiger partial charge in [-0.2, -0.15) is 0 Å². The maximum absolute atomic E-state index is 5.53. The molecule has 0 spiro atoms. The Hall–Kier alpha value is -2.64. The summed E-state index contributed by atoms with van der Waals surface area (Å²) in [4.78, 5) is 4.83. The summed E-state index contributed by atoms with van der Waals surface area (Å²) in [6, 6.07) is 16.4. The van der Waals surface area contributed by atoms with Crippen LogP contribution in [-0.4, -0.2) is 26.4 Å². The van der Waals surface area contributed by atoms with Crippen LogP contribution in [0.1, 0.15) is 25.1 Å². The quantitative estimate of drug-likeness (QED) is 0.313. The van der Waals surface area contributed by atoms with Gasteiger partial charge in [0.1, 0.15) is 10.8 Å². The van der Waals surface area contributed by atoms with Gasteiger partial charge in [-0.3, -0.25) is 0 Å². The fourth-order valence-electron chi connectivity index (χ4n) is 3.21. The summed E-state index contributed by atoms with van der Waals surface area (Å²) in [7, 11) is 0. The smallest absolute Gasteiger partial charge is 0.191 e. The Morgan fingerprint density at radius 2 is 1.83 bits per heavy atom. The van der Waals surface area contributed by atoms with Crippen LogP contribution in [0, 0.1) is 6.92 Å². The van der Waals surface area contributed by atoms with Crippen molar-refractivity contribution in [3.8, 4) is 27.7 Å². The maximum Gasteiger partial charge on any atom is 0.191 e. The van der Waals surface area contributed by atoms with E-state index in [1.165, 1.54) is 11.1 Å². The Morgan fingerprint density at radius 1 is 1.03 bits per heavy atom. The van der Waals surface area contributed by atoms with Gasteiger partial charge in [-0.15, -0.1) is 21.5 Å². The molecule has 30 heavy (non-hydrogen) atoms. The van der Waals surface area contributed by atoms with Gasteiger partial charge in [0, 0.05) is 28.8 Å². The zero-order chi connectivity index (χ0) is 20.9. The van der Waals surface area contributed by atoms with Crippen molar-refractivity contribution in [2.75, 3.05) is 6.61 Å². The van der Waals surface area contributed by atoms with Crippen LogP contribution in [0.2, 0.25) is 0 Å². The molecule has 0 aliphatic carbocycles. The van der Waals surface area contributed by atoms with E-state index in [9.17, 15) is 0 Å². The largest absolute Gasteiger partial charge is 0.494 e. The van der Waals surface area contributed by atoms with Crippen molar-refractivity contribution >= 4 is 23.1 Å². The van der Waals surface area contributed by atoms with E-state index in [2.05, 4.69) is 58.3 Å². The molecular weight excluding hydrogens is 412 g/mol. The highest BCUT2D eigenvalue weighted by Crippen LogP contribution is 2.31. The molecule has 0 radical (unpaired) electrons. The number of rotatable bonds is 8. The number of hydrogen-bond acceptors (Lipinski definition) is 6. The highest BCUT2D eigenvalue weighted by molar-refractivity contribution is 7.98. The van der Waals surface area contributed by atoms with Crippen molar-refractivity contribution in [3.63, 3.8) is 0 Å². The highest BCUT2D eigenvalue weighted by atomic mass is 32.2. The normalized spacial score (nSPS) is 11.0. The summed E-state index contributed by atoms with van der Waals surface area (Å²) in [6.07, 6.45) is 0. The van der Waals surface area contributed by atoms with E-state index in [0.717, 1.165) is 45.3 Å². The molecule has 4 aromatic rings. The number of benzene rings is 2. The number of ether oxygens (including phenoxy) is 1. The van der Waals surface area contributed by atoms with E-state index >= 15 is 0 Å². The van der Waals surface area contributed by atoms with Crippen molar-refractivity contribution in [3.05, 3.63) is 65.2 Å². The predicted octanol–water partition coefficient (Wildman–Crippen LogP) is 6.09. The minimum atomic E-state index is 0.660. The molecule has 0 saturated heterocycles. The first kappa shape index (κ1) is 20.6. The minimum Gasteiger partial charge on any atom is -0.494 e. The monoisotopic (exact) mass is 436 g/mol. The lowest BCUT2D eigenvalue weighted by atomic mass is 10.1. The first-order chi connectivity index (χ1) is 14.7. The van der Waals surface area contributed by atoms with Gasteiger partial charge < -0.3 is 9.30 Å². The molecule has 5 nitrogen and oxygen atoms in total. The third-order valence-corrected chi connectivity index (χ3v) is 6.66. The number of hydrogen-bond donors (Lipinski definition) is 0. The number of aromatic nitrogens is 4. The molecule has 154 valence electrons. The lowest BCUT2D eigenvalue weighted by Gasteiger charge is -2.08. The molecule has 0 atom stereocenters. The number of thiazole rings is 1. The molecule has 0 unspecified atom stereocenters. The van der Waals surface area contributed by atoms with Crippen LogP contribution in [0.3, 0.4) is 0 Å². The first-order valence-corrected chi connectivity index (χ1v) is 11.9. The Balaban J connectivity index is 1.49. The summed E-state index contributed by atoms with van der Waals surface area (Å²) in [6.45, 7) is 7.69. The molecule has 2 aromatic carbocycles. The molecule has 0 aliphatic heterocycles. The summed E-state index contributed by atoms with van der Waals surface area (Å²) in [5.74, 6) is 2.51. The second-order valence-electron chi connectivity index (χ2n) is 6.76. The molecule has 0 amide bonds. The highest BCUT2D eigenvalue weighted by Gasteiger charge is 2.14. The number of aryl methyl sites for hydroxylation is 1. The Labute approximate surface area is 185 Å². The Morgan fingerprint density at radius 3 is 2.57 bits per heavy atom. The van der Waals surface area contributed by atoms with Crippen molar-refractivity contribution in [1.82, 2.24) is 19.7 Å². The number of thioether (sulfide) groups is 1. The van der Waals surface area contributed by atoms with Crippen LogP contribution < -0.4 is 4.74 Å². The van der Waals surface area contributed by atoms with E-state index in [4.69, 9.17) is 9.72 Å². The van der Waals surface area contributed by atoms with Gasteiger partial charge in [0.25, 0.3) is 0 Å². The van der Waals surface area contributed by atoms with Crippen molar-refractivity contribution < 1.29 is 4.74 Å². The van der Waals surface area contributed by atoms with Gasteiger partial charge in [-0.05, 0) is 50.6 Å². The van der Waals surface area contributed by atoms with E-state index in [1.54, 1.807) is 23.1 Å². The first-order valence-electron chi connectivity index (χ1n) is 9.99. The summed E-state index contributed by atoms with van der Waals surface area (Å²) < 4.78 is 7.68. The van der Waals surface area contributed by atoms with Crippen LogP contribution in [-0.2, 0) is 12.3 Å². The fraction of sp³-hybridized carbons (Fsp3) is 0.261. The molecular formula is C23H24N4OS2. The van der Waals surface area contributed by atoms with Crippen molar-refractivity contribution in [2.45, 2.75) is 38.2 Å². The van der Waals surface area contributed by atoms with E-state index in [1.807, 2.05) is 31.2 Å². The molecule has 0 N–H and O–H groups in total. The maximum atomic E-state index is 5.53. The zero-order valence-corrected chi connectivity index (χ0v) is 19.0. The van der Waals surface area contributed by atoms with Crippen LogP contribution >= 0.6 is 23.1 Å². The second-order valence-corrected chi connectivity index (χ2v) is 8.56. The molecule has 2 aromatic heterocycles. The van der Waals surface area contributed by atoms with E-state index in [0.29, 0.717) is 6.61 Å². The lowest BCUT2D eigenvalue weighted by Crippen LogP contribution is -2.00. The topological polar surface area (TPSA) is 52.8 Å². The molecule has 0 saturated carbocycles. The third kappa shape index (κ3) is 4.42. The van der Waals surface area contributed by atoms with E-state index < -0.39 is 0 Å². The molecule has 0 aliphatic rings. The molecule has 4 rings (SSSR count). The molecule has 7 heteroatoms. The average molecular weight is 437 g/mol. The molecule has 0 bridgehead atoms. The van der Waals surface area contributed by atoms with Gasteiger partial charge in [-0.25, -0.2) is 4.98 Å². The summed E-state index contributed by atoms with van der Waals surface area (Å²) in [5, 5.41) is 13.0. The van der Waals surface area contributed by atoms with Gasteiger partial charge in [-0.1, -0.05) is 36.0 Å². The van der Waals surface area contributed by atoms with Gasteiger partial charge in [0.15, 0.2) is 11.0 Å². The second kappa shape index (κ2) is 9.45. The standard InChI is InChI=1S/C23H24N4OS2/c1-4-27-21(17-10-12-19(13-11-17)28-5-2)25-26-23(27)30-15-18-14-29-22(24-18)20-9-7-6-8-16(20)3/h6-14H,4-5,15H2,1-3H3. The molecule has 0 fully saturated rings. The number of nitrogens with zero attached hydrogens (tertiary/aromatic N) is 4. The molecule has 2 heterocycles. The Kier molecular flexibility index (Phi) is 6.50. The average Bonchev–Trinajstić information content (AvgIpc) is 3.40. The lowest BCUT2D eigenvalue weighted by molar-refractivity contribution is 0.340. The SMILES string of the molecule is CCOc1ccc(-c2nnc(SCc3csc(-c4ccccc4C)n3)n2CC)cc1. The third-order valence-electron chi connectivity index (χ3n) is 4.73. The fourth-order valence-corrected chi connectivity index (χ4v) is 5.12. The summed E-state index contributed by atoms with van der Waals surface area (Å²) >= 11 is 3.36. The van der Waals surface area contributed by atoms with Gasteiger partial charge >= 0.3 is 0 Å². The van der Waals surface area contributed by atoms with Crippen LogP contribution in [0.5, 0.6) is 5.75 Å². The van der Waals surface area contributed by atoms with Crippen molar-refractivity contribution in [2.24, 2.45) is 0 Å². The summed E-state index contributed by atoms with van der Waals surface area (Å²) in [5.41, 5.74) is 4.55. The van der Waals surface area contributed by atoms with Gasteiger partial charge in [0.05, 0.1) is 12.3 Å². The van der Waals surface area contributed by atoms with Gasteiger partial charge in [0.2, 0.25) is 0 Å². The zero-order valence-electron chi connectivity index (χ0n) is 17.3. The Bertz CT molecular complexity index is 1120. The van der Waals surface area contributed by atoms with Crippen LogP contribution in [0.25, 0.3) is 22.0 Å². The van der Waals surface area contributed by atoms with E-state index in [-0.39, 0.29) is 0 Å². The van der Waals surface area contributed by atoms with Crippen molar-refractivity contribution in [1.29, 1.82) is 0 Å². The minimum absolute atomic E-state index is 0.660. The van der Waals surface area contributed by atoms with Crippen LogP contribution in [0.15, 0.2) is 59.1 Å². The van der Waals surface area contributed by atoms with Crippen LogP contribution in [0.4, 0.5) is 0 Å². The predicted molar refractivity (Wildman–Crippen MR) is 124 cm³/mol.